The van der Waals surface area contributed by atoms with Gasteiger partial charge in [0.05, 0.1) is 5.56 Å². The van der Waals surface area contributed by atoms with Crippen LogP contribution in [0.3, 0.4) is 0 Å². The quantitative estimate of drug-likeness (QED) is 0.663. The molecule has 0 saturated carbocycles. The Bertz CT molecular complexity index is 769. The first-order chi connectivity index (χ1) is 12.3. The first-order valence-electron chi connectivity index (χ1n) is 8.91. The number of likely N-dealkylation sites (tertiary alicyclic amines) is 2. The van der Waals surface area contributed by atoms with Crippen molar-refractivity contribution in [2.45, 2.75) is 38.1 Å². The molecule has 1 unspecified atom stereocenters. The summed E-state index contributed by atoms with van der Waals surface area (Å²) in [6.07, 6.45) is 6.05. The van der Waals surface area contributed by atoms with E-state index >= 15 is 0 Å². The molecule has 0 aliphatic carbocycles. The Kier molecular flexibility index (Phi) is 5.64. The number of carbonyl (C=O) groups excluding carboxylic acids is 2. The predicted molar refractivity (Wildman–Crippen MR) is 95.7 cm³/mol. The molecule has 26 heavy (non-hydrogen) atoms. The van der Waals surface area contributed by atoms with Gasteiger partial charge in [-0.15, -0.1) is 0 Å². The number of hydrogen-bond acceptors (Lipinski definition) is 4. The average Bonchev–Trinajstić information content (AvgIpc) is 3.30. The molecule has 4 N–H and O–H groups in total. The number of aromatic amines is 1. The van der Waals surface area contributed by atoms with E-state index < -0.39 is 10.2 Å². The Morgan fingerprint density at radius 3 is 2.54 bits per heavy atom. The van der Waals surface area contributed by atoms with E-state index in [4.69, 9.17) is 5.14 Å². The lowest BCUT2D eigenvalue weighted by Gasteiger charge is -2.35. The minimum absolute atomic E-state index is 0.0902. The monoisotopic (exact) mass is 383 g/mol. The van der Waals surface area contributed by atoms with E-state index in [1.807, 2.05) is 0 Å². The third kappa shape index (κ3) is 4.43. The number of nitrogens with one attached hydrogen (secondary N) is 2. The predicted octanol–water partition coefficient (Wildman–Crippen LogP) is 0.0385. The van der Waals surface area contributed by atoms with Gasteiger partial charge >= 0.3 is 0 Å². The largest absolute Gasteiger partial charge is 0.356 e. The lowest BCUT2D eigenvalue weighted by molar-refractivity contribution is 0.0619. The smallest absolute Gasteiger partial charge is 0.274 e. The second-order valence-electron chi connectivity index (χ2n) is 6.84. The van der Waals surface area contributed by atoms with Gasteiger partial charge in [-0.1, -0.05) is 0 Å². The van der Waals surface area contributed by atoms with E-state index in [1.165, 1.54) is 0 Å². The van der Waals surface area contributed by atoms with Gasteiger partial charge in [0.1, 0.15) is 5.69 Å². The summed E-state index contributed by atoms with van der Waals surface area (Å²) in [6.45, 7) is 2.13. The van der Waals surface area contributed by atoms with Crippen LogP contribution in [0.1, 0.15) is 53.0 Å². The number of carbonyl (C=O) groups is 2. The molecule has 0 radical (unpaired) electrons. The zero-order valence-corrected chi connectivity index (χ0v) is 15.4. The summed E-state index contributed by atoms with van der Waals surface area (Å²) < 4.78 is 24.6. The van der Waals surface area contributed by atoms with Crippen LogP contribution in [0.5, 0.6) is 0 Å². The summed E-state index contributed by atoms with van der Waals surface area (Å²) in [7, 11) is -3.80. The van der Waals surface area contributed by atoms with Crippen molar-refractivity contribution >= 4 is 22.0 Å². The van der Waals surface area contributed by atoms with Crippen molar-refractivity contribution in [2.75, 3.05) is 26.2 Å². The third-order valence-electron chi connectivity index (χ3n) is 4.96. The number of rotatable bonds is 5. The molecule has 2 aliphatic heterocycles. The van der Waals surface area contributed by atoms with E-state index in [0.717, 1.165) is 38.8 Å². The first kappa shape index (κ1) is 18.9. The van der Waals surface area contributed by atoms with Gasteiger partial charge < -0.3 is 14.8 Å². The third-order valence-corrected chi connectivity index (χ3v) is 5.53. The number of nitrogens with two attached hydrogens (primary N) is 1. The zero-order valence-electron chi connectivity index (χ0n) is 14.6. The van der Waals surface area contributed by atoms with Gasteiger partial charge in [0.25, 0.3) is 22.0 Å². The van der Waals surface area contributed by atoms with Gasteiger partial charge in [-0.3, -0.25) is 9.59 Å². The number of H-pyrrole nitrogens is 1. The van der Waals surface area contributed by atoms with Crippen molar-refractivity contribution < 1.29 is 18.0 Å². The van der Waals surface area contributed by atoms with Crippen LogP contribution >= 0.6 is 0 Å². The second-order valence-corrected chi connectivity index (χ2v) is 8.22. The number of nitrogens with zero attached hydrogens (tertiary/aromatic N) is 2. The summed E-state index contributed by atoms with van der Waals surface area (Å²) in [6, 6.07) is 1.34. The van der Waals surface area contributed by atoms with Crippen LogP contribution in [0.25, 0.3) is 0 Å². The lowest BCUT2D eigenvalue weighted by atomic mass is 10.0. The highest BCUT2D eigenvalue weighted by molar-refractivity contribution is 7.87. The molecule has 1 aromatic heterocycles. The maximum atomic E-state index is 12.9. The molecule has 2 aliphatic rings. The number of piperidine rings is 1. The van der Waals surface area contributed by atoms with Gasteiger partial charge in [-0.2, -0.15) is 8.42 Å². The normalized spacial score (nSPS) is 21.2. The molecular formula is C16H25N5O4S. The molecule has 0 bridgehead atoms. The van der Waals surface area contributed by atoms with Crippen molar-refractivity contribution in [1.29, 1.82) is 0 Å². The molecular weight excluding hydrogens is 358 g/mol. The molecule has 3 rings (SSSR count). The fourth-order valence-corrected chi connectivity index (χ4v) is 4.01. The molecule has 0 spiro atoms. The van der Waals surface area contributed by atoms with Gasteiger partial charge in [-0.05, 0) is 38.2 Å². The number of aromatic nitrogens is 1. The van der Waals surface area contributed by atoms with Crippen molar-refractivity contribution in [3.8, 4) is 0 Å². The topological polar surface area (TPSA) is 129 Å². The summed E-state index contributed by atoms with van der Waals surface area (Å²) in [5.41, 5.74) is 0.821. The molecule has 1 atom stereocenters. The molecule has 2 saturated heterocycles. The minimum Gasteiger partial charge on any atom is -0.356 e. The van der Waals surface area contributed by atoms with Crippen LogP contribution in [0.4, 0.5) is 0 Å². The molecule has 3 heterocycles. The summed E-state index contributed by atoms with van der Waals surface area (Å²) in [5.74, 6) is -0.296. The molecule has 10 heteroatoms. The van der Waals surface area contributed by atoms with Crippen LogP contribution in [-0.2, 0) is 10.2 Å². The molecule has 2 fully saturated rings. The van der Waals surface area contributed by atoms with Crippen LogP contribution in [-0.4, -0.2) is 67.2 Å². The minimum atomic E-state index is -3.80. The van der Waals surface area contributed by atoms with Gasteiger partial charge in [-0.25, -0.2) is 9.86 Å². The Balaban J connectivity index is 1.69. The fourth-order valence-electron chi connectivity index (χ4n) is 3.59. The van der Waals surface area contributed by atoms with Crippen LogP contribution in [0.2, 0.25) is 0 Å². The molecule has 0 aromatic carbocycles. The maximum Gasteiger partial charge on any atom is 0.274 e. The Hall–Kier alpha value is -1.91. The van der Waals surface area contributed by atoms with Crippen molar-refractivity contribution in [3.63, 3.8) is 0 Å². The SMILES string of the molecule is NS(=O)(=O)NCC1CCCCN1C(=O)c1c[nH]c(C(=O)N2CCCC2)c1. The summed E-state index contributed by atoms with van der Waals surface area (Å²) in [5, 5.41) is 4.99. The van der Waals surface area contributed by atoms with E-state index in [2.05, 4.69) is 9.71 Å². The Morgan fingerprint density at radius 1 is 1.15 bits per heavy atom. The standard InChI is InChI=1S/C16H25N5O4S/c17-26(24,25)19-11-13-5-1-2-8-21(13)15(22)12-9-14(18-10-12)16(23)20-6-3-4-7-20/h9-10,13,18-19H,1-8,11H2,(H2,17,24,25). The van der Waals surface area contributed by atoms with Crippen molar-refractivity contribution in [2.24, 2.45) is 5.14 Å². The molecule has 9 nitrogen and oxygen atoms in total. The van der Waals surface area contributed by atoms with E-state index in [1.54, 1.807) is 22.1 Å². The highest BCUT2D eigenvalue weighted by Crippen LogP contribution is 2.21. The Morgan fingerprint density at radius 2 is 1.85 bits per heavy atom. The molecule has 1 aromatic rings. The first-order valence-corrected chi connectivity index (χ1v) is 10.5. The second kappa shape index (κ2) is 7.77. The molecule has 2 amide bonds. The number of hydrogen-bond donors (Lipinski definition) is 3. The highest BCUT2D eigenvalue weighted by Gasteiger charge is 2.29. The van der Waals surface area contributed by atoms with Crippen molar-refractivity contribution in [1.82, 2.24) is 19.5 Å². The average molecular weight is 383 g/mol. The van der Waals surface area contributed by atoms with Gasteiger partial charge in [0.2, 0.25) is 0 Å². The number of amides is 2. The lowest BCUT2D eigenvalue weighted by Crippen LogP contribution is -2.50. The molecule has 144 valence electrons. The van der Waals surface area contributed by atoms with E-state index in [-0.39, 0.29) is 24.4 Å². The maximum absolute atomic E-state index is 12.9. The summed E-state index contributed by atoms with van der Waals surface area (Å²) in [4.78, 5) is 31.6. The van der Waals surface area contributed by atoms with Gasteiger partial charge in [0, 0.05) is 38.4 Å². The van der Waals surface area contributed by atoms with Crippen LogP contribution in [0, 0.1) is 0 Å². The van der Waals surface area contributed by atoms with E-state index in [9.17, 15) is 18.0 Å². The van der Waals surface area contributed by atoms with Gasteiger partial charge in [0.15, 0.2) is 0 Å². The van der Waals surface area contributed by atoms with Crippen molar-refractivity contribution in [3.05, 3.63) is 23.5 Å². The Labute approximate surface area is 153 Å². The highest BCUT2D eigenvalue weighted by atomic mass is 32.2. The zero-order chi connectivity index (χ0) is 18.7. The fraction of sp³-hybridized carbons (Fsp3) is 0.625. The summed E-state index contributed by atoms with van der Waals surface area (Å²) >= 11 is 0. The van der Waals surface area contributed by atoms with E-state index in [0.29, 0.717) is 24.2 Å². The van der Waals surface area contributed by atoms with Crippen LogP contribution < -0.4 is 9.86 Å². The van der Waals surface area contributed by atoms with Crippen LogP contribution in [0.15, 0.2) is 12.3 Å².